The molecule has 3 fully saturated rings. The Labute approximate surface area is 205 Å². The topological polar surface area (TPSA) is 50.2 Å². The molecule has 2 saturated heterocycles. The van der Waals surface area contributed by atoms with Crippen molar-refractivity contribution in [3.05, 3.63) is 68.7 Å². The van der Waals surface area contributed by atoms with E-state index in [1.165, 1.54) is 62.0 Å². The lowest BCUT2D eigenvalue weighted by Crippen LogP contribution is -2.58. The molecule has 0 radical (unpaired) electrons. The number of benzene rings is 2. The number of halogens is 1. The van der Waals surface area contributed by atoms with E-state index in [0.717, 1.165) is 43.3 Å². The molecule has 0 bridgehead atoms. The van der Waals surface area contributed by atoms with Gasteiger partial charge in [-0.25, -0.2) is 0 Å². The highest BCUT2D eigenvalue weighted by molar-refractivity contribution is 6.35. The van der Waals surface area contributed by atoms with Crippen molar-refractivity contribution >= 4 is 22.5 Å². The molecule has 176 valence electrons. The van der Waals surface area contributed by atoms with Crippen LogP contribution in [0.4, 0.5) is 0 Å². The minimum absolute atomic E-state index is 0.150. The van der Waals surface area contributed by atoms with Crippen LogP contribution >= 0.6 is 11.6 Å². The largest absolute Gasteiger partial charge is 0.314 e. The fourth-order valence-electron chi connectivity index (χ4n) is 7.08. The monoisotopic (exact) mass is 474 g/mol. The lowest BCUT2D eigenvalue weighted by Gasteiger charge is -2.42. The second-order valence-corrected chi connectivity index (χ2v) is 11.2. The van der Waals surface area contributed by atoms with Crippen LogP contribution in [0.25, 0.3) is 16.6 Å². The number of likely N-dealkylation sites (tertiary alicyclic amines) is 1. The summed E-state index contributed by atoms with van der Waals surface area (Å²) in [6.45, 7) is 4.65. The molecule has 3 aromatic rings. The third kappa shape index (κ3) is 3.00. The van der Waals surface area contributed by atoms with Gasteiger partial charge in [0.25, 0.3) is 5.56 Å². The summed E-state index contributed by atoms with van der Waals surface area (Å²) in [5.74, 6) is 1.52. The summed E-state index contributed by atoms with van der Waals surface area (Å²) in [4.78, 5) is 20.5. The van der Waals surface area contributed by atoms with Gasteiger partial charge in [-0.1, -0.05) is 49.1 Å². The van der Waals surface area contributed by atoms with Crippen molar-refractivity contribution < 1.29 is 0 Å². The Hall–Kier alpha value is -2.21. The Balaban J connectivity index is 1.36. The van der Waals surface area contributed by atoms with Gasteiger partial charge < -0.3 is 5.32 Å². The van der Waals surface area contributed by atoms with Gasteiger partial charge >= 0.3 is 0 Å². The summed E-state index contributed by atoms with van der Waals surface area (Å²) >= 11 is 6.51. The average Bonchev–Trinajstić information content (AvgIpc) is 3.08. The molecule has 1 saturated carbocycles. The van der Waals surface area contributed by atoms with E-state index in [2.05, 4.69) is 33.0 Å². The third-order valence-electron chi connectivity index (χ3n) is 9.06. The summed E-state index contributed by atoms with van der Waals surface area (Å²) in [5, 5.41) is 4.44. The molecule has 1 spiro atoms. The normalized spacial score (nSPS) is 22.6. The molecule has 1 N–H and O–H groups in total. The molecule has 0 amide bonds. The van der Waals surface area contributed by atoms with Crippen LogP contribution in [-0.4, -0.2) is 46.7 Å². The fraction of sp³-hybridized carbons (Fsp3) is 0.500. The number of hydrogen-bond acceptors (Lipinski definition) is 4. The van der Waals surface area contributed by atoms with Crippen LogP contribution in [-0.2, 0) is 5.41 Å². The zero-order valence-electron chi connectivity index (χ0n) is 19.5. The van der Waals surface area contributed by atoms with Crippen molar-refractivity contribution in [1.82, 2.24) is 19.8 Å². The molecule has 5 nitrogen and oxygen atoms in total. The van der Waals surface area contributed by atoms with Gasteiger partial charge in [-0.05, 0) is 74.0 Å². The Morgan fingerprint density at radius 3 is 2.56 bits per heavy atom. The molecule has 2 aromatic carbocycles. The minimum Gasteiger partial charge on any atom is -0.314 e. The first-order chi connectivity index (χ1) is 16.7. The molecule has 7 rings (SSSR count). The van der Waals surface area contributed by atoms with Gasteiger partial charge in [0.1, 0.15) is 5.82 Å². The maximum Gasteiger partial charge on any atom is 0.282 e. The highest BCUT2D eigenvalue weighted by Crippen LogP contribution is 2.52. The maximum atomic E-state index is 13.1. The van der Waals surface area contributed by atoms with E-state index in [9.17, 15) is 4.79 Å². The molecular formula is C28H31ClN4O. The van der Waals surface area contributed by atoms with E-state index in [4.69, 9.17) is 16.6 Å². The summed E-state index contributed by atoms with van der Waals surface area (Å²) in [6.07, 6.45) is 8.16. The van der Waals surface area contributed by atoms with Crippen molar-refractivity contribution in [1.29, 1.82) is 0 Å². The first-order valence-corrected chi connectivity index (χ1v) is 13.3. The van der Waals surface area contributed by atoms with Gasteiger partial charge in [0.05, 0.1) is 27.0 Å². The number of nitrogens with zero attached hydrogens (tertiary/aromatic N) is 3. The zero-order valence-corrected chi connectivity index (χ0v) is 20.3. The lowest BCUT2D eigenvalue weighted by atomic mass is 9.69. The number of fused-ring (bicyclic) bond motifs is 7. The van der Waals surface area contributed by atoms with Crippen LogP contribution in [0.15, 0.2) is 41.2 Å². The van der Waals surface area contributed by atoms with Crippen LogP contribution in [0.5, 0.6) is 0 Å². The highest BCUT2D eigenvalue weighted by Gasteiger charge is 2.46. The van der Waals surface area contributed by atoms with Crippen LogP contribution in [0.2, 0.25) is 5.02 Å². The summed E-state index contributed by atoms with van der Waals surface area (Å²) in [7, 11) is 0. The van der Waals surface area contributed by atoms with Gasteiger partial charge in [-0.15, -0.1) is 0 Å². The Bertz CT molecular complexity index is 1330. The molecule has 4 heterocycles. The van der Waals surface area contributed by atoms with Gasteiger partial charge in [0, 0.05) is 19.1 Å². The number of piperidine rings is 1. The summed E-state index contributed by atoms with van der Waals surface area (Å²) in [6, 6.07) is 13.7. The smallest absolute Gasteiger partial charge is 0.282 e. The molecule has 0 unspecified atom stereocenters. The Morgan fingerprint density at radius 2 is 1.82 bits per heavy atom. The van der Waals surface area contributed by atoms with Crippen molar-refractivity contribution in [2.24, 2.45) is 0 Å². The molecule has 4 aliphatic rings. The summed E-state index contributed by atoms with van der Waals surface area (Å²) in [5.41, 5.74) is 4.56. The molecular weight excluding hydrogens is 444 g/mol. The quantitative estimate of drug-likeness (QED) is 0.582. The number of rotatable bonds is 2. The van der Waals surface area contributed by atoms with Gasteiger partial charge in [-0.2, -0.15) is 4.98 Å². The average molecular weight is 475 g/mol. The number of aromatic nitrogens is 2. The van der Waals surface area contributed by atoms with Crippen LogP contribution in [0, 0.1) is 0 Å². The van der Waals surface area contributed by atoms with E-state index in [-0.39, 0.29) is 11.0 Å². The predicted molar refractivity (Wildman–Crippen MR) is 136 cm³/mol. The second kappa shape index (κ2) is 7.91. The molecule has 6 heteroatoms. The number of nitrogens with one attached hydrogen (secondary N) is 1. The Kier molecular flexibility index (Phi) is 4.91. The molecule has 3 aliphatic heterocycles. The van der Waals surface area contributed by atoms with E-state index < -0.39 is 0 Å². The third-order valence-corrected chi connectivity index (χ3v) is 9.37. The molecule has 34 heavy (non-hydrogen) atoms. The first-order valence-electron chi connectivity index (χ1n) is 13.0. The maximum absolute atomic E-state index is 13.1. The van der Waals surface area contributed by atoms with E-state index in [1.54, 1.807) is 6.07 Å². The molecule has 0 atom stereocenters. The fourth-order valence-corrected chi connectivity index (χ4v) is 7.33. The highest BCUT2D eigenvalue weighted by atomic mass is 35.5. The van der Waals surface area contributed by atoms with E-state index >= 15 is 0 Å². The van der Waals surface area contributed by atoms with E-state index in [1.807, 2.05) is 12.1 Å². The van der Waals surface area contributed by atoms with Gasteiger partial charge in [0.15, 0.2) is 0 Å². The van der Waals surface area contributed by atoms with Crippen molar-refractivity contribution in [2.45, 2.75) is 62.3 Å². The van der Waals surface area contributed by atoms with Crippen LogP contribution in [0.3, 0.4) is 0 Å². The van der Waals surface area contributed by atoms with Crippen LogP contribution < -0.4 is 10.9 Å². The second-order valence-electron chi connectivity index (χ2n) is 10.8. The van der Waals surface area contributed by atoms with Crippen molar-refractivity contribution in [3.8, 4) is 5.69 Å². The van der Waals surface area contributed by atoms with Crippen molar-refractivity contribution in [2.75, 3.05) is 26.2 Å². The van der Waals surface area contributed by atoms with Gasteiger partial charge in [0.2, 0.25) is 0 Å². The minimum atomic E-state index is -0.192. The summed E-state index contributed by atoms with van der Waals surface area (Å²) < 4.78 is 2.28. The Morgan fingerprint density at radius 1 is 1.03 bits per heavy atom. The zero-order chi connectivity index (χ0) is 22.9. The molecule has 1 aliphatic carbocycles. The van der Waals surface area contributed by atoms with Crippen LogP contribution in [0.1, 0.15) is 67.8 Å². The predicted octanol–water partition coefficient (Wildman–Crippen LogP) is 4.75. The van der Waals surface area contributed by atoms with Crippen molar-refractivity contribution in [3.63, 3.8) is 0 Å². The molecule has 1 aromatic heterocycles. The first kappa shape index (κ1) is 21.1. The number of hydrogen-bond donors (Lipinski definition) is 1. The standard InChI is InChI=1S/C28H31ClN4O/c29-22-5-4-6-23-25(22)26(34)31-27-28(11-2-1-3-12-28)21-8-7-19(15-24(21)33(23)27)18-9-13-32(14-10-18)20-16-30-17-20/h4-8,15,18,20,30H,1-3,9-14,16-17H2. The SMILES string of the molecule is O=c1nc2n(c3cccc(Cl)c13)-c1cc(C3CCN(C4CNC4)CC3)ccc1C21CCCCC1. The van der Waals surface area contributed by atoms with Gasteiger partial charge in [-0.3, -0.25) is 14.3 Å². The lowest BCUT2D eigenvalue weighted by molar-refractivity contribution is 0.113. The van der Waals surface area contributed by atoms with E-state index in [0.29, 0.717) is 16.3 Å².